The summed E-state index contributed by atoms with van der Waals surface area (Å²) in [5.74, 6) is 0.913. The number of rotatable bonds is 13. The molecule has 0 fully saturated rings. The minimum absolute atomic E-state index is 0.139. The molecule has 1 heterocycles. The Morgan fingerprint density at radius 3 is 2.56 bits per heavy atom. The van der Waals surface area contributed by atoms with Gasteiger partial charge in [0.1, 0.15) is 19.0 Å². The van der Waals surface area contributed by atoms with Crippen LogP contribution in [0, 0.1) is 7.14 Å². The van der Waals surface area contributed by atoms with Gasteiger partial charge in [-0.2, -0.15) is 5.10 Å². The largest absolute Gasteiger partial charge is 0.490 e. The van der Waals surface area contributed by atoms with E-state index in [1.807, 2.05) is 43.3 Å². The van der Waals surface area contributed by atoms with Crippen LogP contribution in [0.3, 0.4) is 0 Å². The number of halogens is 3. The molecule has 0 spiro atoms. The van der Waals surface area contributed by atoms with E-state index in [0.29, 0.717) is 36.0 Å². The number of hydrogen-bond acceptors (Lipinski definition) is 9. The van der Waals surface area contributed by atoms with E-state index in [-0.39, 0.29) is 12.2 Å². The molecule has 238 valence electrons. The van der Waals surface area contributed by atoms with Crippen LogP contribution in [0.25, 0.3) is 0 Å². The number of aliphatic hydroxyl groups excluding tert-OH is 1. The smallest absolute Gasteiger partial charge is 0.337 e. The molecule has 0 unspecified atom stereocenters. The van der Waals surface area contributed by atoms with Crippen LogP contribution in [-0.2, 0) is 16.1 Å². The van der Waals surface area contributed by atoms with E-state index < -0.39 is 24.3 Å². The molecule has 3 aromatic carbocycles. The van der Waals surface area contributed by atoms with Gasteiger partial charge in [-0.25, -0.2) is 9.59 Å². The van der Waals surface area contributed by atoms with Crippen LogP contribution < -0.4 is 30.3 Å². The SMILES string of the molecule is CCOc1cc([C@H]2NC(=O)NC(C)=C2C(=O)OC)ccc1OC[C@H](O)N/N=C\c1cc(Br)c(OCc2ccc(I)cc2)c(I)c1. The average molecular weight is 905 g/mol. The molecule has 4 rings (SSSR count). The lowest BCUT2D eigenvalue weighted by molar-refractivity contribution is -0.136. The highest BCUT2D eigenvalue weighted by Gasteiger charge is 2.32. The van der Waals surface area contributed by atoms with Crippen molar-refractivity contribution in [1.29, 1.82) is 0 Å². The number of carbonyl (C=O) groups excluding carboxylic acids is 2. The van der Waals surface area contributed by atoms with E-state index in [4.69, 9.17) is 18.9 Å². The zero-order valence-corrected chi connectivity index (χ0v) is 30.4. The monoisotopic (exact) mass is 904 g/mol. The summed E-state index contributed by atoms with van der Waals surface area (Å²) in [5.41, 5.74) is 5.78. The molecule has 4 N–H and O–H groups in total. The fourth-order valence-corrected chi connectivity index (χ4v) is 6.48. The topological polar surface area (TPSA) is 140 Å². The van der Waals surface area contributed by atoms with Crippen LogP contribution >= 0.6 is 61.1 Å². The highest BCUT2D eigenvalue weighted by atomic mass is 127. The Kier molecular flexibility index (Phi) is 12.7. The van der Waals surface area contributed by atoms with Crippen molar-refractivity contribution in [2.24, 2.45) is 5.10 Å². The van der Waals surface area contributed by atoms with Crippen LogP contribution in [0.15, 0.2) is 75.4 Å². The number of aliphatic hydroxyl groups is 1. The van der Waals surface area contributed by atoms with Crippen molar-refractivity contribution in [2.75, 3.05) is 20.3 Å². The lowest BCUT2D eigenvalue weighted by atomic mass is 9.95. The Morgan fingerprint density at radius 2 is 1.87 bits per heavy atom. The number of nitrogens with zero attached hydrogens (tertiary/aromatic N) is 1. The van der Waals surface area contributed by atoms with Crippen molar-refractivity contribution in [3.05, 3.63) is 94.2 Å². The number of benzene rings is 3. The van der Waals surface area contributed by atoms with Crippen LogP contribution in [0.5, 0.6) is 17.2 Å². The van der Waals surface area contributed by atoms with E-state index in [9.17, 15) is 14.7 Å². The number of allylic oxidation sites excluding steroid dienone is 1. The van der Waals surface area contributed by atoms with Gasteiger partial charge in [0.25, 0.3) is 0 Å². The molecule has 45 heavy (non-hydrogen) atoms. The maximum absolute atomic E-state index is 12.4. The van der Waals surface area contributed by atoms with Crippen molar-refractivity contribution in [3.8, 4) is 17.2 Å². The molecule has 1 aliphatic rings. The molecule has 0 radical (unpaired) electrons. The number of urea groups is 1. The minimum Gasteiger partial charge on any atom is -0.490 e. The van der Waals surface area contributed by atoms with Crippen LogP contribution in [0.4, 0.5) is 4.79 Å². The van der Waals surface area contributed by atoms with Gasteiger partial charge < -0.3 is 34.7 Å². The highest BCUT2D eigenvalue weighted by molar-refractivity contribution is 14.1. The number of amides is 2. The number of carbonyl (C=O) groups is 2. The molecule has 11 nitrogen and oxygen atoms in total. The van der Waals surface area contributed by atoms with Crippen molar-refractivity contribution in [1.82, 2.24) is 16.1 Å². The summed E-state index contributed by atoms with van der Waals surface area (Å²) in [6.07, 6.45) is 0.455. The van der Waals surface area contributed by atoms with Gasteiger partial charge in [-0.3, -0.25) is 5.43 Å². The molecule has 3 aromatic rings. The van der Waals surface area contributed by atoms with Crippen LogP contribution in [-0.4, -0.2) is 49.9 Å². The predicted octanol–water partition coefficient (Wildman–Crippen LogP) is 5.76. The standard InChI is InChI=1S/C31H31BrI2N4O7/c1-4-43-25-13-20(28-27(30(40)42-3)17(2)36-31(41)37-28)7-10-24(25)44-16-26(39)38-35-14-19-11-22(32)29(23(34)12-19)45-15-18-5-8-21(33)9-6-18/h5-14,26,28,38-39H,4,15-16H2,1-3H3,(H2,36,37,41)/b35-14-/t26-,28+/m0/s1. The summed E-state index contributed by atoms with van der Waals surface area (Å²) in [5, 5.41) is 20.0. The maximum Gasteiger partial charge on any atom is 0.337 e. The summed E-state index contributed by atoms with van der Waals surface area (Å²) >= 11 is 8.06. The Morgan fingerprint density at radius 1 is 1.11 bits per heavy atom. The molecule has 0 aliphatic carbocycles. The third kappa shape index (κ3) is 9.46. The van der Waals surface area contributed by atoms with Gasteiger partial charge in [0.05, 0.1) is 39.6 Å². The molecule has 1 aliphatic heterocycles. The van der Waals surface area contributed by atoms with E-state index in [2.05, 4.69) is 82.3 Å². The second kappa shape index (κ2) is 16.5. The van der Waals surface area contributed by atoms with Gasteiger partial charge in [-0.15, -0.1) is 0 Å². The van der Waals surface area contributed by atoms with Gasteiger partial charge in [0.2, 0.25) is 0 Å². The zero-order chi connectivity index (χ0) is 32.5. The van der Waals surface area contributed by atoms with Gasteiger partial charge in [-0.1, -0.05) is 18.2 Å². The fourth-order valence-electron chi connectivity index (χ4n) is 4.35. The minimum atomic E-state index is -1.13. The molecule has 14 heteroatoms. The van der Waals surface area contributed by atoms with E-state index in [1.54, 1.807) is 31.3 Å². The number of ether oxygens (including phenoxy) is 4. The molecule has 0 bridgehead atoms. The zero-order valence-electron chi connectivity index (χ0n) is 24.5. The average Bonchev–Trinajstić information content (AvgIpc) is 3.00. The number of nitrogens with one attached hydrogen (secondary N) is 3. The molecule has 2 amide bonds. The molecule has 2 atom stereocenters. The fraction of sp³-hybridized carbons (Fsp3) is 0.258. The van der Waals surface area contributed by atoms with Crippen LogP contribution in [0.2, 0.25) is 0 Å². The second-order valence-electron chi connectivity index (χ2n) is 9.64. The number of hydrogen-bond donors (Lipinski definition) is 4. The molecule has 0 saturated heterocycles. The first-order valence-electron chi connectivity index (χ1n) is 13.7. The van der Waals surface area contributed by atoms with Gasteiger partial charge in [0, 0.05) is 9.27 Å². The van der Waals surface area contributed by atoms with Gasteiger partial charge in [0.15, 0.2) is 17.7 Å². The van der Waals surface area contributed by atoms with Crippen molar-refractivity contribution in [3.63, 3.8) is 0 Å². The third-order valence-electron chi connectivity index (χ3n) is 6.43. The second-order valence-corrected chi connectivity index (χ2v) is 12.9. The van der Waals surface area contributed by atoms with E-state index in [1.165, 1.54) is 10.7 Å². The first-order chi connectivity index (χ1) is 21.6. The normalized spacial score (nSPS) is 15.3. The summed E-state index contributed by atoms with van der Waals surface area (Å²) < 4.78 is 25.4. The van der Waals surface area contributed by atoms with Crippen molar-refractivity contribution in [2.45, 2.75) is 32.7 Å². The van der Waals surface area contributed by atoms with Gasteiger partial charge >= 0.3 is 12.0 Å². The van der Waals surface area contributed by atoms with E-state index >= 15 is 0 Å². The van der Waals surface area contributed by atoms with Crippen molar-refractivity contribution >= 4 is 79.3 Å². The molecule has 0 saturated carbocycles. The highest BCUT2D eigenvalue weighted by Crippen LogP contribution is 2.35. The van der Waals surface area contributed by atoms with Gasteiger partial charge in [-0.05, 0) is 128 Å². The first kappa shape index (κ1) is 34.8. The summed E-state index contributed by atoms with van der Waals surface area (Å²) in [6, 6.07) is 15.8. The Labute approximate surface area is 296 Å². The predicted molar refractivity (Wildman–Crippen MR) is 189 cm³/mol. The molecular formula is C31H31BrI2N4O7. The first-order valence-corrected chi connectivity index (χ1v) is 16.6. The van der Waals surface area contributed by atoms with Crippen LogP contribution in [0.1, 0.15) is 36.6 Å². The number of methoxy groups -OCH3 is 1. The Bertz CT molecular complexity index is 1580. The van der Waals surface area contributed by atoms with E-state index in [0.717, 1.165) is 24.9 Å². The third-order valence-corrected chi connectivity index (χ3v) is 8.54. The number of esters is 1. The maximum atomic E-state index is 12.4. The Balaban J connectivity index is 1.37. The number of hydrazone groups is 1. The summed E-state index contributed by atoms with van der Waals surface area (Å²) in [7, 11) is 1.28. The Hall–Kier alpha value is -3.09. The summed E-state index contributed by atoms with van der Waals surface area (Å²) in [4.78, 5) is 24.6. The molecular weight excluding hydrogens is 874 g/mol. The lowest BCUT2D eigenvalue weighted by Crippen LogP contribution is -2.45. The lowest BCUT2D eigenvalue weighted by Gasteiger charge is -2.28. The summed E-state index contributed by atoms with van der Waals surface area (Å²) in [6.45, 7) is 4.10. The quantitative estimate of drug-likeness (QED) is 0.0559. The molecule has 0 aromatic heterocycles. The van der Waals surface area contributed by atoms with Crippen molar-refractivity contribution < 1.29 is 33.6 Å².